The van der Waals surface area contributed by atoms with Gasteiger partial charge in [0.25, 0.3) is 0 Å². The molecule has 2 aromatic rings. The fraction of sp³-hybridized carbons (Fsp3) is 0.667. The molecule has 0 aliphatic rings. The van der Waals surface area contributed by atoms with Crippen LogP contribution < -0.4 is 4.57 Å². The first-order valence-corrected chi connectivity index (χ1v) is 12.3. The maximum Gasteiger partial charge on any atom is 0.244 e. The molecule has 0 spiro atoms. The third-order valence-electron chi connectivity index (χ3n) is 6.18. The Balaban J connectivity index is 1.63. The highest BCUT2D eigenvalue weighted by Gasteiger charge is 2.20. The molecule has 2 nitrogen and oxygen atoms in total. The molecule has 0 N–H and O–H groups in total. The quantitative estimate of drug-likeness (QED) is 0.202. The lowest BCUT2D eigenvalue weighted by Gasteiger charge is -2.17. The fourth-order valence-electron chi connectivity index (χ4n) is 4.34. The highest BCUT2D eigenvalue weighted by atomic mass is 15.1. The first-order valence-electron chi connectivity index (χ1n) is 12.3. The molecule has 1 aromatic carbocycles. The summed E-state index contributed by atoms with van der Waals surface area (Å²) in [4.78, 5) is 0. The molecule has 0 aliphatic heterocycles. The average molecular weight is 398 g/mol. The van der Waals surface area contributed by atoms with Gasteiger partial charge in [-0.15, -0.1) is 0 Å². The minimum absolute atomic E-state index is 0.616. The van der Waals surface area contributed by atoms with Gasteiger partial charge in [-0.05, 0) is 24.3 Å². The summed E-state index contributed by atoms with van der Waals surface area (Å²) in [6.45, 7) is 7.98. The van der Waals surface area contributed by atoms with E-state index in [1.807, 2.05) is 0 Å². The van der Waals surface area contributed by atoms with Crippen molar-refractivity contribution in [1.29, 1.82) is 0 Å². The lowest BCUT2D eigenvalue weighted by Crippen LogP contribution is -2.32. The zero-order chi connectivity index (χ0) is 20.7. The van der Waals surface area contributed by atoms with Crippen molar-refractivity contribution in [1.82, 2.24) is 4.57 Å². The van der Waals surface area contributed by atoms with Crippen LogP contribution in [0.25, 0.3) is 0 Å². The molecule has 0 saturated heterocycles. The Bertz CT molecular complexity index is 629. The number of benzene rings is 1. The first-order chi connectivity index (χ1) is 14.2. The van der Waals surface area contributed by atoms with Crippen LogP contribution in [-0.4, -0.2) is 4.57 Å². The summed E-state index contributed by atoms with van der Waals surface area (Å²) < 4.78 is 4.76. The zero-order valence-electron chi connectivity index (χ0n) is 19.4. The van der Waals surface area contributed by atoms with Crippen LogP contribution in [-0.2, 0) is 6.54 Å². The van der Waals surface area contributed by atoms with Crippen LogP contribution in [0.15, 0.2) is 49.1 Å². The van der Waals surface area contributed by atoms with Gasteiger partial charge in [0.15, 0.2) is 0 Å². The van der Waals surface area contributed by atoms with Crippen molar-refractivity contribution in [3.05, 3.63) is 54.6 Å². The molecule has 0 aliphatic carbocycles. The molecule has 2 rings (SSSR count). The normalized spacial score (nSPS) is 12.6. The summed E-state index contributed by atoms with van der Waals surface area (Å²) in [5.41, 5.74) is 1.36. The smallest absolute Gasteiger partial charge is 0.234 e. The highest BCUT2D eigenvalue weighted by Crippen LogP contribution is 2.24. The number of aromatic nitrogens is 2. The van der Waals surface area contributed by atoms with E-state index in [0.29, 0.717) is 12.0 Å². The van der Waals surface area contributed by atoms with Crippen molar-refractivity contribution >= 4 is 0 Å². The summed E-state index contributed by atoms with van der Waals surface area (Å²) in [7, 11) is 0. The van der Waals surface area contributed by atoms with Gasteiger partial charge in [-0.3, -0.25) is 0 Å². The Kier molecular flexibility index (Phi) is 11.8. The third-order valence-corrected chi connectivity index (χ3v) is 6.18. The summed E-state index contributed by atoms with van der Waals surface area (Å²) in [5.74, 6) is 0.677. The molecule has 2 heteroatoms. The number of nitrogens with zero attached hydrogens (tertiary/aromatic N) is 2. The molecule has 0 bridgehead atoms. The number of hydrogen-bond acceptors (Lipinski definition) is 0. The SMILES string of the molecule is CCCCCCCCCCCCC[C@@H](C(C)C)n1cc[n+](Cc2ccccc2)c1. The van der Waals surface area contributed by atoms with Gasteiger partial charge in [-0.25, -0.2) is 9.13 Å². The van der Waals surface area contributed by atoms with Crippen LogP contribution in [0.3, 0.4) is 0 Å². The summed E-state index contributed by atoms with van der Waals surface area (Å²) in [6.07, 6.45) is 23.7. The van der Waals surface area contributed by atoms with Crippen LogP contribution in [0.5, 0.6) is 0 Å². The first kappa shape index (κ1) is 23.7. The van der Waals surface area contributed by atoms with Crippen molar-refractivity contribution in [2.75, 3.05) is 0 Å². The third kappa shape index (κ3) is 9.65. The molecule has 162 valence electrons. The highest BCUT2D eigenvalue weighted by molar-refractivity contribution is 5.13. The average Bonchev–Trinajstić information content (AvgIpc) is 3.17. The Morgan fingerprint density at radius 1 is 0.793 bits per heavy atom. The molecule has 1 atom stereocenters. The van der Waals surface area contributed by atoms with Crippen molar-refractivity contribution in [3.63, 3.8) is 0 Å². The second-order valence-electron chi connectivity index (χ2n) is 9.15. The van der Waals surface area contributed by atoms with Crippen LogP contribution in [0, 0.1) is 5.92 Å². The van der Waals surface area contributed by atoms with Crippen LogP contribution in [0.2, 0.25) is 0 Å². The van der Waals surface area contributed by atoms with Gasteiger partial charge in [0.05, 0.1) is 0 Å². The maximum absolute atomic E-state index is 2.45. The van der Waals surface area contributed by atoms with E-state index in [0.717, 1.165) is 6.54 Å². The molecule has 29 heavy (non-hydrogen) atoms. The summed E-state index contributed by atoms with van der Waals surface area (Å²) in [5, 5.41) is 0. The Labute approximate surface area is 180 Å². The van der Waals surface area contributed by atoms with E-state index < -0.39 is 0 Å². The van der Waals surface area contributed by atoms with Crippen molar-refractivity contribution < 1.29 is 4.57 Å². The monoisotopic (exact) mass is 397 g/mol. The van der Waals surface area contributed by atoms with Gasteiger partial charge in [-0.1, -0.05) is 115 Å². The van der Waals surface area contributed by atoms with Crippen LogP contribution in [0.1, 0.15) is 109 Å². The van der Waals surface area contributed by atoms with Gasteiger partial charge in [0.1, 0.15) is 25.0 Å². The molecule has 0 amide bonds. The van der Waals surface area contributed by atoms with E-state index in [9.17, 15) is 0 Å². The second kappa shape index (κ2) is 14.4. The standard InChI is InChI=1S/C27H45N2/c1-4-5-6-7-8-9-10-11-12-13-17-20-27(25(2)3)29-22-21-28(24-29)23-26-18-15-14-16-19-26/h14-16,18-19,21-22,24-25,27H,4-13,17,20,23H2,1-3H3/q+1/t27-/m0/s1. The van der Waals surface area contributed by atoms with Crippen LogP contribution >= 0.6 is 0 Å². The van der Waals surface area contributed by atoms with Crippen molar-refractivity contribution in [3.8, 4) is 0 Å². The van der Waals surface area contributed by atoms with E-state index in [2.05, 4.69) is 79.0 Å². The lowest BCUT2D eigenvalue weighted by molar-refractivity contribution is -0.688. The zero-order valence-corrected chi connectivity index (χ0v) is 19.4. The van der Waals surface area contributed by atoms with Gasteiger partial charge < -0.3 is 0 Å². The van der Waals surface area contributed by atoms with E-state index in [1.165, 1.54) is 82.6 Å². The van der Waals surface area contributed by atoms with Crippen LogP contribution in [0.4, 0.5) is 0 Å². The molecule has 1 heterocycles. The lowest BCUT2D eigenvalue weighted by atomic mass is 9.97. The Morgan fingerprint density at radius 3 is 1.97 bits per heavy atom. The molecular formula is C27H45N2+. The minimum atomic E-state index is 0.616. The predicted molar refractivity (Wildman–Crippen MR) is 125 cm³/mol. The fourth-order valence-corrected chi connectivity index (χ4v) is 4.34. The van der Waals surface area contributed by atoms with E-state index in [-0.39, 0.29) is 0 Å². The van der Waals surface area contributed by atoms with Gasteiger partial charge in [0, 0.05) is 0 Å². The predicted octanol–water partition coefficient (Wildman–Crippen LogP) is 7.72. The topological polar surface area (TPSA) is 8.81 Å². The van der Waals surface area contributed by atoms with E-state index in [4.69, 9.17) is 0 Å². The second-order valence-corrected chi connectivity index (χ2v) is 9.15. The number of rotatable bonds is 16. The molecule has 0 fully saturated rings. The van der Waals surface area contributed by atoms with Gasteiger partial charge in [-0.2, -0.15) is 0 Å². The Morgan fingerprint density at radius 2 is 1.38 bits per heavy atom. The molecule has 0 radical (unpaired) electrons. The summed E-state index contributed by atoms with van der Waals surface area (Å²) in [6, 6.07) is 11.4. The minimum Gasteiger partial charge on any atom is -0.234 e. The number of imidazole rings is 1. The molecule has 0 unspecified atom stereocenters. The van der Waals surface area contributed by atoms with Gasteiger partial charge >= 0.3 is 0 Å². The molecule has 0 saturated carbocycles. The van der Waals surface area contributed by atoms with Gasteiger partial charge in [0.2, 0.25) is 6.33 Å². The van der Waals surface area contributed by atoms with Crippen molar-refractivity contribution in [2.24, 2.45) is 5.92 Å². The van der Waals surface area contributed by atoms with Crippen molar-refractivity contribution in [2.45, 2.75) is 110 Å². The largest absolute Gasteiger partial charge is 0.244 e. The van der Waals surface area contributed by atoms with E-state index >= 15 is 0 Å². The Hall–Kier alpha value is -1.57. The number of hydrogen-bond donors (Lipinski definition) is 0. The molecular weight excluding hydrogens is 352 g/mol. The van der Waals surface area contributed by atoms with E-state index in [1.54, 1.807) is 0 Å². The maximum atomic E-state index is 2.45. The molecule has 1 aromatic heterocycles. The number of unbranched alkanes of at least 4 members (excludes halogenated alkanes) is 10. The summed E-state index contributed by atoms with van der Waals surface area (Å²) >= 11 is 0.